The van der Waals surface area contributed by atoms with Crippen LogP contribution < -0.4 is 10.2 Å². The van der Waals surface area contributed by atoms with E-state index in [0.29, 0.717) is 0 Å². The molecule has 0 amide bonds. The standard InChI is InChI=1S/C19H15O4P/c20-19(17-9-5-2-6-10-17)23-24(21,22)18-13-11-16(12-14-18)15-7-3-1-4-8-15/h1-14H,(H,21,22)/p-1. The Morgan fingerprint density at radius 2 is 1.25 bits per heavy atom. The van der Waals surface area contributed by atoms with Gasteiger partial charge in [0.25, 0.3) is 0 Å². The van der Waals surface area contributed by atoms with Gasteiger partial charge in [-0.2, -0.15) is 0 Å². The molecule has 0 aliphatic carbocycles. The summed E-state index contributed by atoms with van der Waals surface area (Å²) < 4.78 is 17.0. The van der Waals surface area contributed by atoms with E-state index in [-0.39, 0.29) is 10.9 Å². The lowest BCUT2D eigenvalue weighted by Crippen LogP contribution is -2.20. The topological polar surface area (TPSA) is 66.4 Å². The molecule has 0 aliphatic rings. The van der Waals surface area contributed by atoms with Crippen LogP contribution in [-0.4, -0.2) is 5.97 Å². The van der Waals surface area contributed by atoms with Crippen molar-refractivity contribution in [3.63, 3.8) is 0 Å². The summed E-state index contributed by atoms with van der Waals surface area (Å²) in [6.45, 7) is 0. The first-order valence-corrected chi connectivity index (χ1v) is 8.86. The first-order chi connectivity index (χ1) is 11.6. The highest BCUT2D eigenvalue weighted by molar-refractivity contribution is 7.60. The second-order valence-corrected chi connectivity index (χ2v) is 6.85. The molecule has 3 aromatic carbocycles. The summed E-state index contributed by atoms with van der Waals surface area (Å²) in [7, 11) is -4.48. The van der Waals surface area contributed by atoms with Crippen molar-refractivity contribution in [2.24, 2.45) is 0 Å². The zero-order chi connectivity index (χ0) is 17.0. The van der Waals surface area contributed by atoms with Crippen molar-refractivity contribution in [2.45, 2.75) is 0 Å². The minimum Gasteiger partial charge on any atom is -0.765 e. The van der Waals surface area contributed by atoms with Crippen LogP contribution in [0, 0.1) is 0 Å². The number of hydrogen-bond donors (Lipinski definition) is 0. The second-order valence-electron chi connectivity index (χ2n) is 5.16. The van der Waals surface area contributed by atoms with Gasteiger partial charge in [-0.25, -0.2) is 4.79 Å². The predicted molar refractivity (Wildman–Crippen MR) is 91.0 cm³/mol. The fourth-order valence-corrected chi connectivity index (χ4v) is 3.20. The average molecular weight is 337 g/mol. The van der Waals surface area contributed by atoms with Crippen molar-refractivity contribution in [3.8, 4) is 11.1 Å². The number of benzene rings is 3. The Bertz CT molecular complexity index is 874. The molecule has 3 rings (SSSR count). The zero-order valence-electron chi connectivity index (χ0n) is 12.7. The maximum absolute atomic E-state index is 12.2. The summed E-state index contributed by atoms with van der Waals surface area (Å²) in [5.74, 6) is -0.888. The predicted octanol–water partition coefficient (Wildman–Crippen LogP) is 3.39. The Labute approximate surface area is 139 Å². The van der Waals surface area contributed by atoms with Crippen LogP contribution in [0.2, 0.25) is 0 Å². The lowest BCUT2D eigenvalue weighted by atomic mass is 10.1. The Morgan fingerprint density at radius 3 is 1.83 bits per heavy atom. The second kappa shape index (κ2) is 6.83. The van der Waals surface area contributed by atoms with Gasteiger partial charge < -0.3 is 9.42 Å². The Hall–Kier alpha value is -2.68. The molecule has 0 saturated heterocycles. The molecule has 0 spiro atoms. The maximum Gasteiger partial charge on any atom is 0.342 e. The monoisotopic (exact) mass is 337 g/mol. The maximum atomic E-state index is 12.2. The van der Waals surface area contributed by atoms with Gasteiger partial charge in [-0.05, 0) is 35.4 Å². The third kappa shape index (κ3) is 3.62. The molecule has 0 aliphatic heterocycles. The number of hydrogen-bond acceptors (Lipinski definition) is 4. The van der Waals surface area contributed by atoms with E-state index in [1.165, 1.54) is 24.3 Å². The molecule has 1 atom stereocenters. The molecule has 5 heteroatoms. The first-order valence-electron chi connectivity index (χ1n) is 7.32. The lowest BCUT2D eigenvalue weighted by Gasteiger charge is -2.23. The molecule has 0 heterocycles. The summed E-state index contributed by atoms with van der Waals surface area (Å²) in [6.07, 6.45) is 0. The van der Waals surface area contributed by atoms with Crippen LogP contribution in [-0.2, 0) is 9.09 Å². The van der Waals surface area contributed by atoms with Crippen LogP contribution in [0.25, 0.3) is 11.1 Å². The smallest absolute Gasteiger partial charge is 0.342 e. The van der Waals surface area contributed by atoms with E-state index in [2.05, 4.69) is 0 Å². The molecule has 0 saturated carbocycles. The normalized spacial score (nSPS) is 13.0. The fraction of sp³-hybridized carbons (Fsp3) is 0. The Balaban J connectivity index is 1.80. The molecular weight excluding hydrogens is 323 g/mol. The van der Waals surface area contributed by atoms with Crippen LogP contribution in [0.4, 0.5) is 0 Å². The third-order valence-electron chi connectivity index (χ3n) is 3.50. The molecule has 0 aromatic heterocycles. The number of rotatable bonds is 4. The molecule has 0 bridgehead atoms. The van der Waals surface area contributed by atoms with E-state index in [0.717, 1.165) is 11.1 Å². The largest absolute Gasteiger partial charge is 0.765 e. The third-order valence-corrected chi connectivity index (χ3v) is 4.84. The summed E-state index contributed by atoms with van der Waals surface area (Å²) in [6, 6.07) is 23.8. The summed E-state index contributed by atoms with van der Waals surface area (Å²) in [5.41, 5.74) is 2.05. The van der Waals surface area contributed by atoms with Gasteiger partial charge in [0.15, 0.2) is 0 Å². The Kier molecular flexibility index (Phi) is 4.61. The molecule has 4 nitrogen and oxygen atoms in total. The van der Waals surface area contributed by atoms with Gasteiger partial charge in [-0.15, -0.1) is 0 Å². The lowest BCUT2D eigenvalue weighted by molar-refractivity contribution is -0.189. The van der Waals surface area contributed by atoms with Gasteiger partial charge in [0, 0.05) is 5.30 Å². The van der Waals surface area contributed by atoms with Crippen molar-refractivity contribution in [2.75, 3.05) is 0 Å². The van der Waals surface area contributed by atoms with Crippen LogP contribution in [0.1, 0.15) is 10.4 Å². The molecule has 0 radical (unpaired) electrons. The van der Waals surface area contributed by atoms with Crippen molar-refractivity contribution in [3.05, 3.63) is 90.5 Å². The highest BCUT2D eigenvalue weighted by Gasteiger charge is 2.18. The van der Waals surface area contributed by atoms with Gasteiger partial charge in [-0.1, -0.05) is 60.7 Å². The molecule has 24 heavy (non-hydrogen) atoms. The molecule has 120 valence electrons. The summed E-state index contributed by atoms with van der Waals surface area (Å²) >= 11 is 0. The Morgan fingerprint density at radius 1 is 0.750 bits per heavy atom. The zero-order valence-corrected chi connectivity index (χ0v) is 13.6. The van der Waals surface area contributed by atoms with Gasteiger partial charge in [0.2, 0.25) is 7.60 Å². The highest BCUT2D eigenvalue weighted by atomic mass is 31.2. The molecule has 0 fully saturated rings. The van der Waals surface area contributed by atoms with E-state index in [1.807, 2.05) is 30.3 Å². The van der Waals surface area contributed by atoms with Crippen LogP contribution >= 0.6 is 7.60 Å². The van der Waals surface area contributed by atoms with E-state index < -0.39 is 13.6 Å². The van der Waals surface area contributed by atoms with E-state index >= 15 is 0 Å². The van der Waals surface area contributed by atoms with Gasteiger partial charge >= 0.3 is 5.97 Å². The van der Waals surface area contributed by atoms with Gasteiger partial charge in [-0.3, -0.25) is 4.57 Å². The van der Waals surface area contributed by atoms with E-state index in [4.69, 9.17) is 4.52 Å². The first kappa shape index (κ1) is 16.2. The van der Waals surface area contributed by atoms with Crippen molar-refractivity contribution in [1.29, 1.82) is 0 Å². The van der Waals surface area contributed by atoms with Gasteiger partial charge in [0.05, 0.1) is 5.56 Å². The summed E-state index contributed by atoms with van der Waals surface area (Å²) in [5, 5.41) is -0.0357. The quantitative estimate of drug-likeness (QED) is 0.685. The molecular formula is C19H14O4P-. The van der Waals surface area contributed by atoms with Crippen molar-refractivity contribution < 1.29 is 18.8 Å². The number of carbonyl (C=O) groups excluding carboxylic acids is 1. The average Bonchev–Trinajstić information content (AvgIpc) is 2.63. The fourth-order valence-electron chi connectivity index (χ4n) is 2.26. The number of carbonyl (C=O) groups is 1. The van der Waals surface area contributed by atoms with E-state index in [1.54, 1.807) is 30.3 Å². The summed E-state index contributed by atoms with van der Waals surface area (Å²) in [4.78, 5) is 24.2. The van der Waals surface area contributed by atoms with Crippen LogP contribution in [0.3, 0.4) is 0 Å². The molecule has 1 unspecified atom stereocenters. The minimum absolute atomic E-state index is 0.0357. The SMILES string of the molecule is O=C(OP(=O)([O-])c1ccc(-c2ccccc2)cc1)c1ccccc1. The van der Waals surface area contributed by atoms with Crippen molar-refractivity contribution in [1.82, 2.24) is 0 Å². The van der Waals surface area contributed by atoms with E-state index in [9.17, 15) is 14.3 Å². The molecule has 0 N–H and O–H groups in total. The minimum atomic E-state index is -4.48. The molecule has 3 aromatic rings. The van der Waals surface area contributed by atoms with Gasteiger partial charge in [0.1, 0.15) is 0 Å². The highest BCUT2D eigenvalue weighted by Crippen LogP contribution is 2.37. The van der Waals surface area contributed by atoms with Crippen molar-refractivity contribution >= 4 is 18.9 Å². The van der Waals surface area contributed by atoms with Crippen LogP contribution in [0.15, 0.2) is 84.9 Å². The van der Waals surface area contributed by atoms with Crippen LogP contribution in [0.5, 0.6) is 0 Å².